The van der Waals surface area contributed by atoms with Crippen LogP contribution in [0.4, 0.5) is 0 Å². The Labute approximate surface area is 61.3 Å². The van der Waals surface area contributed by atoms with E-state index in [-0.39, 0.29) is 5.11 Å². The third-order valence-corrected chi connectivity index (χ3v) is 0.764. The number of hydrogen-bond acceptors (Lipinski definition) is 5. The summed E-state index contributed by atoms with van der Waals surface area (Å²) in [5, 5.41) is 0.0867. The summed E-state index contributed by atoms with van der Waals surface area (Å²) >= 11 is 5.15. The number of nitrogens with one attached hydrogen (secondary N) is 2. The first kappa shape index (κ1) is 8.38. The smallest absolute Gasteiger partial charge is 0.248 e. The molecule has 9 heavy (non-hydrogen) atoms. The van der Waals surface area contributed by atoms with Crippen LogP contribution in [-0.4, -0.2) is 11.2 Å². The van der Waals surface area contributed by atoms with E-state index in [1.807, 2.05) is 0 Å². The van der Waals surface area contributed by atoms with E-state index in [4.69, 9.17) is 5.73 Å². The zero-order valence-corrected chi connectivity index (χ0v) is 5.88. The molecule has 0 amide bonds. The van der Waals surface area contributed by atoms with Gasteiger partial charge in [0, 0.05) is 0 Å². The number of thiocarbonyl (C=S) groups is 1. The molecule has 0 atom stereocenters. The molecular weight excluding hydrogens is 160 g/mol. The van der Waals surface area contributed by atoms with Gasteiger partial charge < -0.3 is 5.73 Å². The van der Waals surface area contributed by atoms with Crippen molar-refractivity contribution < 1.29 is 4.79 Å². The molecule has 0 aliphatic heterocycles. The van der Waals surface area contributed by atoms with E-state index in [1.54, 1.807) is 0 Å². The van der Waals surface area contributed by atoms with E-state index in [0.29, 0.717) is 0 Å². The predicted octanol–water partition coefficient (Wildman–Crippen LogP) is -0.777. The largest absolute Gasteiger partial charge is 0.375 e. The topological polar surface area (TPSA) is 79.5 Å². The van der Waals surface area contributed by atoms with Crippen LogP contribution in [-0.2, 0) is 4.79 Å². The van der Waals surface area contributed by atoms with Crippen LogP contribution in [0, 0.1) is 0 Å². The highest BCUT2D eigenvalue weighted by molar-refractivity contribution is 7.96. The lowest BCUT2D eigenvalue weighted by Crippen LogP contribution is -2.36. The number of isocyanates is 1. The van der Waals surface area contributed by atoms with Crippen LogP contribution in [0.2, 0.25) is 0 Å². The maximum absolute atomic E-state index is 9.41. The molecule has 0 aliphatic carbocycles. The van der Waals surface area contributed by atoms with E-state index < -0.39 is 0 Å². The first-order chi connectivity index (χ1) is 4.27. The second-order valence-corrected chi connectivity index (χ2v) is 1.87. The van der Waals surface area contributed by atoms with Crippen molar-refractivity contribution in [2.24, 2.45) is 10.1 Å². The van der Waals surface area contributed by atoms with Crippen LogP contribution >= 0.6 is 24.4 Å². The van der Waals surface area contributed by atoms with Gasteiger partial charge in [-0.3, -0.25) is 5.43 Å². The molecular formula is C2H4N4OS2. The predicted molar refractivity (Wildman–Crippen MR) is 38.8 cm³/mol. The first-order valence-electron chi connectivity index (χ1n) is 1.81. The Morgan fingerprint density at radius 1 is 1.89 bits per heavy atom. The Kier molecular flexibility index (Phi) is 5.14. The number of carbonyl (C=O) groups excluding carboxylic acids is 1. The van der Waals surface area contributed by atoms with Crippen molar-refractivity contribution in [3.63, 3.8) is 0 Å². The van der Waals surface area contributed by atoms with Crippen molar-refractivity contribution in [1.29, 1.82) is 0 Å². The van der Waals surface area contributed by atoms with Crippen molar-refractivity contribution in [3.8, 4) is 0 Å². The highest BCUT2D eigenvalue weighted by Gasteiger charge is 1.81. The summed E-state index contributed by atoms with van der Waals surface area (Å²) in [5.74, 6) is 0. The monoisotopic (exact) mass is 164 g/mol. The third-order valence-electron chi connectivity index (χ3n) is 0.303. The minimum absolute atomic E-state index is 0.0867. The number of hydrazine groups is 1. The van der Waals surface area contributed by atoms with Gasteiger partial charge in [0.1, 0.15) is 0 Å². The van der Waals surface area contributed by atoms with Gasteiger partial charge >= 0.3 is 0 Å². The van der Waals surface area contributed by atoms with E-state index in [2.05, 4.69) is 26.9 Å². The molecule has 0 saturated carbocycles. The van der Waals surface area contributed by atoms with Gasteiger partial charge in [0.25, 0.3) is 0 Å². The van der Waals surface area contributed by atoms with Gasteiger partial charge in [0.05, 0.1) is 12.1 Å². The van der Waals surface area contributed by atoms with Gasteiger partial charge in [-0.1, -0.05) is 0 Å². The van der Waals surface area contributed by atoms with Gasteiger partial charge in [0.15, 0.2) is 5.11 Å². The molecule has 0 spiro atoms. The minimum Gasteiger partial charge on any atom is -0.375 e. The normalized spacial score (nSPS) is 7.56. The zero-order chi connectivity index (χ0) is 7.11. The molecule has 0 heterocycles. The summed E-state index contributed by atoms with van der Waals surface area (Å²) in [6, 6.07) is 0. The molecule has 0 bridgehead atoms. The summed E-state index contributed by atoms with van der Waals surface area (Å²) in [4.78, 5) is 11.8. The second-order valence-electron chi connectivity index (χ2n) is 0.865. The highest BCUT2D eigenvalue weighted by Crippen LogP contribution is 1.86. The van der Waals surface area contributed by atoms with Gasteiger partial charge in [0.2, 0.25) is 6.08 Å². The SMILES string of the molecule is NC(=S)NNSN=C=O. The average Bonchev–Trinajstić information content (AvgIpc) is 1.80. The minimum atomic E-state index is 0.0867. The molecule has 0 saturated heterocycles. The van der Waals surface area contributed by atoms with Gasteiger partial charge in [-0.25, -0.2) is 4.79 Å². The molecule has 50 valence electrons. The Hall–Kier alpha value is -0.620. The van der Waals surface area contributed by atoms with E-state index >= 15 is 0 Å². The summed E-state index contributed by atoms with van der Waals surface area (Å²) in [6.45, 7) is 0. The summed E-state index contributed by atoms with van der Waals surface area (Å²) in [7, 11) is 0. The third kappa shape index (κ3) is 7.38. The van der Waals surface area contributed by atoms with Crippen LogP contribution in [0.3, 0.4) is 0 Å². The molecule has 0 fully saturated rings. The second kappa shape index (κ2) is 5.52. The molecule has 4 N–H and O–H groups in total. The number of rotatable bonds is 3. The van der Waals surface area contributed by atoms with Crippen LogP contribution in [0.5, 0.6) is 0 Å². The van der Waals surface area contributed by atoms with Crippen LogP contribution in [0.15, 0.2) is 4.40 Å². The summed E-state index contributed by atoms with van der Waals surface area (Å²) < 4.78 is 3.07. The number of nitrogens with zero attached hydrogens (tertiary/aromatic N) is 1. The molecule has 0 aliphatic rings. The van der Waals surface area contributed by atoms with Gasteiger partial charge in [-0.05, 0) is 12.2 Å². The fourth-order valence-corrected chi connectivity index (χ4v) is 0.469. The lowest BCUT2D eigenvalue weighted by atomic mass is 11.2. The van der Waals surface area contributed by atoms with Crippen molar-refractivity contribution in [2.75, 3.05) is 0 Å². The Balaban J connectivity index is 3.10. The van der Waals surface area contributed by atoms with Crippen molar-refractivity contribution in [3.05, 3.63) is 0 Å². The summed E-state index contributed by atoms with van der Waals surface area (Å²) in [5.41, 5.74) is 7.31. The average molecular weight is 164 g/mol. The van der Waals surface area contributed by atoms with Crippen LogP contribution < -0.4 is 16.0 Å². The number of hydrogen-bond donors (Lipinski definition) is 3. The molecule has 0 rings (SSSR count). The van der Waals surface area contributed by atoms with E-state index in [0.717, 1.165) is 12.1 Å². The fourth-order valence-electron chi connectivity index (χ4n) is 0.115. The van der Waals surface area contributed by atoms with Crippen LogP contribution in [0.25, 0.3) is 0 Å². The van der Waals surface area contributed by atoms with Crippen LogP contribution in [0.1, 0.15) is 0 Å². The molecule has 0 aromatic rings. The van der Waals surface area contributed by atoms with E-state index in [1.165, 1.54) is 6.08 Å². The highest BCUT2D eigenvalue weighted by atomic mass is 32.2. The van der Waals surface area contributed by atoms with Crippen molar-refractivity contribution in [2.45, 2.75) is 0 Å². The zero-order valence-electron chi connectivity index (χ0n) is 4.25. The Bertz CT molecular complexity index is 140. The fraction of sp³-hybridized carbons (Fsp3) is 0. The molecule has 7 heteroatoms. The molecule has 0 radical (unpaired) electrons. The number of nitrogens with two attached hydrogens (primary N) is 1. The van der Waals surface area contributed by atoms with E-state index in [9.17, 15) is 4.79 Å². The quantitative estimate of drug-likeness (QED) is 0.127. The van der Waals surface area contributed by atoms with Gasteiger partial charge in [-0.15, -0.1) is 4.40 Å². The molecule has 0 unspecified atom stereocenters. The lowest BCUT2D eigenvalue weighted by Gasteiger charge is -1.97. The maximum Gasteiger partial charge on any atom is 0.248 e. The van der Waals surface area contributed by atoms with Crippen molar-refractivity contribution >= 4 is 35.5 Å². The Morgan fingerprint density at radius 3 is 3.00 bits per heavy atom. The van der Waals surface area contributed by atoms with Crippen molar-refractivity contribution in [1.82, 2.24) is 10.3 Å². The van der Waals surface area contributed by atoms with Gasteiger partial charge in [-0.2, -0.15) is 4.83 Å². The maximum atomic E-state index is 9.41. The first-order valence-corrected chi connectivity index (χ1v) is 2.99. The summed E-state index contributed by atoms with van der Waals surface area (Å²) in [6.07, 6.45) is 1.29. The molecule has 0 aromatic heterocycles. The molecule has 5 nitrogen and oxygen atoms in total. The molecule has 0 aromatic carbocycles. The standard InChI is InChI=1S/C2H4N4OS2/c3-2(8)5-6-9-4-1-7/h6H,(H3,3,5,8). The lowest BCUT2D eigenvalue weighted by molar-refractivity contribution is 0.566. The Morgan fingerprint density at radius 2 is 2.56 bits per heavy atom.